The summed E-state index contributed by atoms with van der Waals surface area (Å²) in [7, 11) is 0. The second-order valence-electron chi connectivity index (χ2n) is 7.61. The number of carbonyl (C=O) groups excluding carboxylic acids is 2. The van der Waals surface area contributed by atoms with E-state index in [9.17, 15) is 9.59 Å². The van der Waals surface area contributed by atoms with Crippen LogP contribution in [-0.4, -0.2) is 22.5 Å². The Morgan fingerprint density at radius 3 is 1.17 bits per heavy atom. The minimum absolute atomic E-state index is 0.322. The van der Waals surface area contributed by atoms with Gasteiger partial charge in [-0.2, -0.15) is 5.06 Å². The number of carbonyl (C=O) groups is 2. The number of imide groups is 1. The van der Waals surface area contributed by atoms with Gasteiger partial charge in [0.15, 0.2) is 0 Å². The maximum atomic E-state index is 12.3. The number of amides is 2. The summed E-state index contributed by atoms with van der Waals surface area (Å²) >= 11 is 0. The largest absolute Gasteiger partial charge is 0.271 e. The Balaban J connectivity index is 5.34. The number of nitrogens with zero attached hydrogens (tertiary/aromatic N) is 1. The van der Waals surface area contributed by atoms with E-state index in [1.165, 1.54) is 0 Å². The third kappa shape index (κ3) is 5.17. The van der Waals surface area contributed by atoms with Crippen LogP contribution in [0.15, 0.2) is 0 Å². The Hall–Kier alpha value is -0.900. The van der Waals surface area contributed by atoms with Crippen molar-refractivity contribution in [2.75, 3.05) is 0 Å². The number of hydrogen-bond donors (Lipinski definition) is 0. The molecule has 0 atom stereocenters. The minimum Gasteiger partial charge on any atom is -0.271 e. The second-order valence-corrected chi connectivity index (χ2v) is 7.61. The predicted octanol–water partition coefficient (Wildman–Crippen LogP) is 3.16. The van der Waals surface area contributed by atoms with Crippen molar-refractivity contribution in [3.63, 3.8) is 0 Å². The van der Waals surface area contributed by atoms with Gasteiger partial charge in [0.05, 0.1) is 5.60 Å². The summed E-state index contributed by atoms with van der Waals surface area (Å²) in [5, 5.41) is 0.931. The average Bonchev–Trinajstić information content (AvgIpc) is 2.07. The van der Waals surface area contributed by atoms with E-state index in [-0.39, 0.29) is 11.8 Å². The molecule has 4 heteroatoms. The first-order valence-corrected chi connectivity index (χ1v) is 6.24. The molecular formula is C14H27NO3. The van der Waals surface area contributed by atoms with Crippen LogP contribution in [0.3, 0.4) is 0 Å². The zero-order chi connectivity index (χ0) is 14.9. The molecule has 0 rings (SSSR count). The van der Waals surface area contributed by atoms with Crippen LogP contribution in [0, 0.1) is 10.8 Å². The van der Waals surface area contributed by atoms with Crippen molar-refractivity contribution >= 4 is 11.8 Å². The van der Waals surface area contributed by atoms with Crippen LogP contribution in [0.1, 0.15) is 62.3 Å². The highest BCUT2D eigenvalue weighted by Gasteiger charge is 2.39. The molecule has 4 nitrogen and oxygen atoms in total. The van der Waals surface area contributed by atoms with Crippen molar-refractivity contribution in [3.8, 4) is 0 Å². The SMILES string of the molecule is CC(C)(C)ON(C(=O)C(C)(C)C)C(=O)C(C)(C)C. The fourth-order valence-electron chi connectivity index (χ4n) is 1.06. The third-order valence-electron chi connectivity index (χ3n) is 2.02. The number of hydrogen-bond acceptors (Lipinski definition) is 3. The Morgan fingerprint density at radius 2 is 1.00 bits per heavy atom. The van der Waals surface area contributed by atoms with Crippen molar-refractivity contribution in [2.45, 2.75) is 67.9 Å². The van der Waals surface area contributed by atoms with E-state index < -0.39 is 16.4 Å². The van der Waals surface area contributed by atoms with Crippen molar-refractivity contribution in [1.29, 1.82) is 0 Å². The van der Waals surface area contributed by atoms with Gasteiger partial charge in [0.1, 0.15) is 0 Å². The summed E-state index contributed by atoms with van der Waals surface area (Å²) in [4.78, 5) is 30.2. The van der Waals surface area contributed by atoms with E-state index >= 15 is 0 Å². The summed E-state index contributed by atoms with van der Waals surface area (Å²) in [5.74, 6) is -0.644. The lowest BCUT2D eigenvalue weighted by Gasteiger charge is -2.35. The van der Waals surface area contributed by atoms with Gasteiger partial charge in [0.25, 0.3) is 11.8 Å². The molecule has 0 aromatic rings. The summed E-state index contributed by atoms with van der Waals surface area (Å²) in [6, 6.07) is 0. The van der Waals surface area contributed by atoms with Gasteiger partial charge in [-0.1, -0.05) is 41.5 Å². The molecule has 0 aliphatic heterocycles. The first-order chi connectivity index (χ1) is 7.66. The lowest BCUT2D eigenvalue weighted by Crippen LogP contribution is -2.50. The smallest absolute Gasteiger partial charge is 0.258 e. The Bertz CT molecular complexity index is 300. The summed E-state index contributed by atoms with van der Waals surface area (Å²) in [5.41, 5.74) is -1.92. The van der Waals surface area contributed by atoms with E-state index in [4.69, 9.17) is 4.84 Å². The van der Waals surface area contributed by atoms with E-state index in [0.29, 0.717) is 0 Å². The molecule has 0 N–H and O–H groups in total. The molecule has 18 heavy (non-hydrogen) atoms. The van der Waals surface area contributed by atoms with Crippen LogP contribution >= 0.6 is 0 Å². The van der Waals surface area contributed by atoms with Gasteiger partial charge in [-0.15, -0.1) is 0 Å². The average molecular weight is 257 g/mol. The summed E-state index contributed by atoms with van der Waals surface area (Å²) in [6.07, 6.45) is 0. The van der Waals surface area contributed by atoms with Gasteiger partial charge in [0, 0.05) is 10.8 Å². The lowest BCUT2D eigenvalue weighted by molar-refractivity contribution is -0.235. The standard InChI is InChI=1S/C14H27NO3/c1-12(2,3)10(16)15(18-14(7,8)9)11(17)13(4,5)6/h1-9H3. The highest BCUT2D eigenvalue weighted by Crippen LogP contribution is 2.26. The highest BCUT2D eigenvalue weighted by molar-refractivity contribution is 5.98. The fourth-order valence-corrected chi connectivity index (χ4v) is 1.06. The maximum absolute atomic E-state index is 12.3. The van der Waals surface area contributed by atoms with Gasteiger partial charge >= 0.3 is 0 Å². The maximum Gasteiger partial charge on any atom is 0.258 e. The summed E-state index contributed by atoms with van der Waals surface area (Å²) in [6.45, 7) is 16.0. The molecule has 0 aliphatic carbocycles. The zero-order valence-electron chi connectivity index (χ0n) is 13.2. The van der Waals surface area contributed by atoms with E-state index in [1.54, 1.807) is 41.5 Å². The molecule has 0 aliphatic rings. The van der Waals surface area contributed by atoms with Gasteiger partial charge in [0.2, 0.25) is 0 Å². The first-order valence-electron chi connectivity index (χ1n) is 6.24. The number of rotatable bonds is 1. The molecule has 0 fully saturated rings. The Morgan fingerprint density at radius 1 is 0.722 bits per heavy atom. The second kappa shape index (κ2) is 5.00. The van der Waals surface area contributed by atoms with E-state index in [0.717, 1.165) is 5.06 Å². The Labute approximate surface area is 111 Å². The molecule has 0 unspecified atom stereocenters. The molecule has 0 aromatic carbocycles. The molecular weight excluding hydrogens is 230 g/mol. The highest BCUT2D eigenvalue weighted by atomic mass is 16.7. The zero-order valence-corrected chi connectivity index (χ0v) is 13.2. The van der Waals surface area contributed by atoms with Crippen LogP contribution in [0.5, 0.6) is 0 Å². The molecule has 0 bridgehead atoms. The lowest BCUT2D eigenvalue weighted by atomic mass is 9.92. The minimum atomic E-state index is -0.661. The van der Waals surface area contributed by atoms with Crippen LogP contribution in [0.2, 0.25) is 0 Å². The molecule has 106 valence electrons. The summed E-state index contributed by atoms with van der Waals surface area (Å²) < 4.78 is 0. The van der Waals surface area contributed by atoms with Crippen LogP contribution < -0.4 is 0 Å². The van der Waals surface area contributed by atoms with Crippen molar-refractivity contribution in [1.82, 2.24) is 5.06 Å². The molecule has 2 amide bonds. The van der Waals surface area contributed by atoms with Gasteiger partial charge in [-0.3, -0.25) is 14.4 Å². The van der Waals surface area contributed by atoms with Crippen LogP contribution in [0.25, 0.3) is 0 Å². The van der Waals surface area contributed by atoms with Crippen LogP contribution in [-0.2, 0) is 14.4 Å². The fraction of sp³-hybridized carbons (Fsp3) is 0.857. The number of hydroxylamine groups is 2. The van der Waals surface area contributed by atoms with Gasteiger partial charge in [-0.25, -0.2) is 0 Å². The molecule has 0 heterocycles. The quantitative estimate of drug-likeness (QED) is 0.678. The van der Waals surface area contributed by atoms with Crippen LogP contribution in [0.4, 0.5) is 0 Å². The Kier molecular flexibility index (Phi) is 4.75. The van der Waals surface area contributed by atoms with Gasteiger partial charge in [-0.05, 0) is 20.8 Å². The topological polar surface area (TPSA) is 46.6 Å². The van der Waals surface area contributed by atoms with Gasteiger partial charge < -0.3 is 0 Å². The van der Waals surface area contributed by atoms with E-state index in [1.807, 2.05) is 20.8 Å². The van der Waals surface area contributed by atoms with Crippen molar-refractivity contribution in [3.05, 3.63) is 0 Å². The first kappa shape index (κ1) is 17.1. The molecule has 0 aromatic heterocycles. The predicted molar refractivity (Wildman–Crippen MR) is 71.6 cm³/mol. The van der Waals surface area contributed by atoms with Crippen molar-refractivity contribution < 1.29 is 14.4 Å². The normalized spacial score (nSPS) is 13.4. The van der Waals surface area contributed by atoms with E-state index in [2.05, 4.69) is 0 Å². The van der Waals surface area contributed by atoms with Crippen molar-refractivity contribution in [2.24, 2.45) is 10.8 Å². The molecule has 0 spiro atoms. The third-order valence-corrected chi connectivity index (χ3v) is 2.02. The molecule has 0 saturated heterocycles. The molecule has 0 saturated carbocycles. The molecule has 0 radical (unpaired) electrons. The monoisotopic (exact) mass is 257 g/mol.